The Kier molecular flexibility index (Phi) is 3.02. The summed E-state index contributed by atoms with van der Waals surface area (Å²) >= 11 is 0. The molecule has 0 spiro atoms. The third kappa shape index (κ3) is 2.22. The molecule has 0 saturated carbocycles. The van der Waals surface area contributed by atoms with Crippen LogP contribution in [0.5, 0.6) is 5.88 Å². The van der Waals surface area contributed by atoms with Crippen molar-refractivity contribution in [2.45, 2.75) is 0 Å². The van der Waals surface area contributed by atoms with Crippen molar-refractivity contribution in [2.75, 3.05) is 7.11 Å². The van der Waals surface area contributed by atoms with Crippen LogP contribution in [0.25, 0.3) is 22.8 Å². The third-order valence-electron chi connectivity index (χ3n) is 2.85. The van der Waals surface area contributed by atoms with Gasteiger partial charge in [-0.25, -0.2) is 0 Å². The Balaban J connectivity index is 2.09. The first kappa shape index (κ1) is 11.5. The summed E-state index contributed by atoms with van der Waals surface area (Å²) in [6.07, 6.45) is 0. The summed E-state index contributed by atoms with van der Waals surface area (Å²) in [5, 5.41) is 0. The summed E-state index contributed by atoms with van der Waals surface area (Å²) in [5.74, 6) is 1.73. The van der Waals surface area contributed by atoms with Gasteiger partial charge in [-0.15, -0.1) is 0 Å². The number of benzene rings is 2. The van der Waals surface area contributed by atoms with Crippen molar-refractivity contribution in [3.8, 4) is 28.7 Å². The van der Waals surface area contributed by atoms with Crippen molar-refractivity contribution in [1.29, 1.82) is 0 Å². The maximum absolute atomic E-state index is 5.84. The molecule has 0 unspecified atom stereocenters. The molecule has 0 atom stereocenters. The Morgan fingerprint density at radius 2 is 1.42 bits per heavy atom. The number of methoxy groups -OCH3 is 1. The number of rotatable bonds is 3. The first-order valence-corrected chi connectivity index (χ1v) is 6.04. The SMILES string of the molecule is COc1nc(-c2ccccc2)oc1-c1ccccc1. The Bertz CT molecular complexity index is 660. The lowest BCUT2D eigenvalue weighted by Crippen LogP contribution is -1.85. The van der Waals surface area contributed by atoms with Crippen LogP contribution in [-0.4, -0.2) is 12.1 Å². The second-order valence-corrected chi connectivity index (χ2v) is 4.09. The van der Waals surface area contributed by atoms with Crippen molar-refractivity contribution in [1.82, 2.24) is 4.98 Å². The molecule has 3 nitrogen and oxygen atoms in total. The van der Waals surface area contributed by atoms with Gasteiger partial charge in [0.2, 0.25) is 5.89 Å². The summed E-state index contributed by atoms with van der Waals surface area (Å²) < 4.78 is 11.1. The van der Waals surface area contributed by atoms with E-state index in [1.807, 2.05) is 60.7 Å². The van der Waals surface area contributed by atoms with Gasteiger partial charge in [0.05, 0.1) is 7.11 Å². The van der Waals surface area contributed by atoms with Gasteiger partial charge in [-0.2, -0.15) is 4.98 Å². The van der Waals surface area contributed by atoms with Crippen LogP contribution in [0.3, 0.4) is 0 Å². The summed E-state index contributed by atoms with van der Waals surface area (Å²) in [6.45, 7) is 0. The topological polar surface area (TPSA) is 35.3 Å². The molecule has 2 aromatic carbocycles. The monoisotopic (exact) mass is 251 g/mol. The van der Waals surface area contributed by atoms with Crippen LogP contribution in [0.1, 0.15) is 0 Å². The number of nitrogens with zero attached hydrogens (tertiary/aromatic N) is 1. The van der Waals surface area contributed by atoms with Crippen LogP contribution in [0.15, 0.2) is 65.1 Å². The molecule has 1 heterocycles. The lowest BCUT2D eigenvalue weighted by molar-refractivity contribution is 0.398. The lowest BCUT2D eigenvalue weighted by atomic mass is 10.2. The predicted octanol–water partition coefficient (Wildman–Crippen LogP) is 4.02. The van der Waals surface area contributed by atoms with Gasteiger partial charge in [0.25, 0.3) is 5.88 Å². The van der Waals surface area contributed by atoms with Crippen molar-refractivity contribution in [3.63, 3.8) is 0 Å². The minimum atomic E-state index is 0.505. The van der Waals surface area contributed by atoms with E-state index >= 15 is 0 Å². The zero-order chi connectivity index (χ0) is 13.1. The zero-order valence-electron chi connectivity index (χ0n) is 10.5. The van der Waals surface area contributed by atoms with E-state index in [1.165, 1.54) is 0 Å². The van der Waals surface area contributed by atoms with Gasteiger partial charge in [0, 0.05) is 11.1 Å². The molecule has 0 saturated heterocycles. The second-order valence-electron chi connectivity index (χ2n) is 4.09. The summed E-state index contributed by atoms with van der Waals surface area (Å²) in [4.78, 5) is 4.39. The van der Waals surface area contributed by atoms with Crippen LogP contribution in [0.4, 0.5) is 0 Å². The first-order chi connectivity index (χ1) is 9.38. The normalized spacial score (nSPS) is 10.4. The highest BCUT2D eigenvalue weighted by molar-refractivity contribution is 5.66. The highest BCUT2D eigenvalue weighted by Crippen LogP contribution is 2.34. The third-order valence-corrected chi connectivity index (χ3v) is 2.85. The molecule has 3 aromatic rings. The second kappa shape index (κ2) is 4.98. The Labute approximate surface area is 111 Å². The molecule has 94 valence electrons. The lowest BCUT2D eigenvalue weighted by Gasteiger charge is -1.98. The molecule has 0 amide bonds. The minimum absolute atomic E-state index is 0.505. The average molecular weight is 251 g/mol. The number of hydrogen-bond acceptors (Lipinski definition) is 3. The van der Waals surface area contributed by atoms with E-state index < -0.39 is 0 Å². The van der Waals surface area contributed by atoms with Crippen molar-refractivity contribution in [3.05, 3.63) is 60.7 Å². The average Bonchev–Trinajstić information content (AvgIpc) is 2.93. The van der Waals surface area contributed by atoms with Crippen molar-refractivity contribution in [2.24, 2.45) is 0 Å². The molecule has 0 radical (unpaired) electrons. The molecular formula is C16H13NO2. The highest BCUT2D eigenvalue weighted by Gasteiger charge is 2.16. The van der Waals surface area contributed by atoms with E-state index in [9.17, 15) is 0 Å². The van der Waals surface area contributed by atoms with Gasteiger partial charge in [-0.05, 0) is 12.1 Å². The Hall–Kier alpha value is -2.55. The molecule has 19 heavy (non-hydrogen) atoms. The van der Waals surface area contributed by atoms with Crippen LogP contribution in [0, 0.1) is 0 Å². The van der Waals surface area contributed by atoms with E-state index in [2.05, 4.69) is 4.98 Å². The van der Waals surface area contributed by atoms with Gasteiger partial charge in [-0.3, -0.25) is 0 Å². The van der Waals surface area contributed by atoms with Gasteiger partial charge >= 0.3 is 0 Å². The molecule has 3 heteroatoms. The molecule has 3 rings (SSSR count). The highest BCUT2D eigenvalue weighted by atomic mass is 16.5. The Morgan fingerprint density at radius 3 is 2.00 bits per heavy atom. The predicted molar refractivity (Wildman–Crippen MR) is 73.9 cm³/mol. The van der Waals surface area contributed by atoms with E-state index in [-0.39, 0.29) is 0 Å². The fourth-order valence-electron chi connectivity index (χ4n) is 1.92. The van der Waals surface area contributed by atoms with Crippen molar-refractivity contribution >= 4 is 0 Å². The van der Waals surface area contributed by atoms with E-state index in [0.29, 0.717) is 17.5 Å². The standard InChI is InChI=1S/C16H13NO2/c1-18-16-14(12-8-4-2-5-9-12)19-15(17-16)13-10-6-3-7-11-13/h2-11H,1H3. The fourth-order valence-corrected chi connectivity index (χ4v) is 1.92. The number of aromatic nitrogens is 1. The van der Waals surface area contributed by atoms with E-state index in [0.717, 1.165) is 11.1 Å². The molecular weight excluding hydrogens is 238 g/mol. The van der Waals surface area contributed by atoms with E-state index in [4.69, 9.17) is 9.15 Å². The molecule has 0 N–H and O–H groups in total. The van der Waals surface area contributed by atoms with Crippen LogP contribution < -0.4 is 4.74 Å². The summed E-state index contributed by atoms with van der Waals surface area (Å²) in [5.41, 5.74) is 1.89. The zero-order valence-corrected chi connectivity index (χ0v) is 10.5. The molecule has 0 aliphatic rings. The van der Waals surface area contributed by atoms with Crippen LogP contribution in [-0.2, 0) is 0 Å². The van der Waals surface area contributed by atoms with Crippen LogP contribution in [0.2, 0.25) is 0 Å². The molecule has 1 aromatic heterocycles. The maximum Gasteiger partial charge on any atom is 0.261 e. The van der Waals surface area contributed by atoms with Crippen LogP contribution >= 0.6 is 0 Å². The summed E-state index contributed by atoms with van der Waals surface area (Å²) in [6, 6.07) is 19.6. The van der Waals surface area contributed by atoms with E-state index in [1.54, 1.807) is 7.11 Å². The fraction of sp³-hybridized carbons (Fsp3) is 0.0625. The number of ether oxygens (including phenoxy) is 1. The van der Waals surface area contributed by atoms with Gasteiger partial charge < -0.3 is 9.15 Å². The smallest absolute Gasteiger partial charge is 0.261 e. The van der Waals surface area contributed by atoms with Crippen molar-refractivity contribution < 1.29 is 9.15 Å². The Morgan fingerprint density at radius 1 is 0.842 bits per heavy atom. The van der Waals surface area contributed by atoms with Gasteiger partial charge in [-0.1, -0.05) is 48.5 Å². The number of hydrogen-bond donors (Lipinski definition) is 0. The quantitative estimate of drug-likeness (QED) is 0.705. The molecule has 0 aliphatic heterocycles. The maximum atomic E-state index is 5.84. The minimum Gasteiger partial charge on any atom is -0.478 e. The van der Waals surface area contributed by atoms with Gasteiger partial charge in [0.15, 0.2) is 5.76 Å². The molecule has 0 fully saturated rings. The largest absolute Gasteiger partial charge is 0.478 e. The summed E-state index contributed by atoms with van der Waals surface area (Å²) in [7, 11) is 1.60. The first-order valence-electron chi connectivity index (χ1n) is 6.04. The molecule has 0 aliphatic carbocycles. The number of oxazole rings is 1. The molecule has 0 bridgehead atoms. The van der Waals surface area contributed by atoms with Gasteiger partial charge in [0.1, 0.15) is 0 Å².